The highest BCUT2D eigenvalue weighted by Gasteiger charge is 2.50. The fourth-order valence-corrected chi connectivity index (χ4v) is 7.21. The largest absolute Gasteiger partial charge is 0.396 e. The van der Waals surface area contributed by atoms with Gasteiger partial charge in [-0.1, -0.05) is 51.0 Å². The Morgan fingerprint density at radius 3 is 2.63 bits per heavy atom. The van der Waals surface area contributed by atoms with Crippen molar-refractivity contribution in [2.24, 2.45) is 23.2 Å². The minimum atomic E-state index is -0.931. The number of aliphatic hydroxyl groups is 4. The van der Waals surface area contributed by atoms with Crippen LogP contribution in [0.25, 0.3) is 0 Å². The zero-order valence-electron chi connectivity index (χ0n) is 22.5. The highest BCUT2D eigenvalue weighted by atomic mass is 16.5. The van der Waals surface area contributed by atoms with Crippen molar-refractivity contribution in [3.63, 3.8) is 0 Å². The molecule has 0 aromatic rings. The molecule has 0 radical (unpaired) electrons. The minimum absolute atomic E-state index is 0.0269. The first-order valence-corrected chi connectivity index (χ1v) is 13.9. The Hall–Kier alpha value is -0.980. The van der Waals surface area contributed by atoms with Crippen LogP contribution in [0.2, 0.25) is 0 Å². The zero-order valence-corrected chi connectivity index (χ0v) is 22.5. The third-order valence-corrected chi connectivity index (χ3v) is 9.17. The van der Waals surface area contributed by atoms with Gasteiger partial charge in [0.15, 0.2) is 0 Å². The van der Waals surface area contributed by atoms with Gasteiger partial charge in [0.1, 0.15) is 12.2 Å². The SMILES string of the molecule is C=C1/C(=C\C=C2/CCCC3(C)C2CCC3C(C)CCCC(C)(C)O)CC(O)C(OCCCO)C1O. The molecular weight excluding hydrogens is 440 g/mol. The molecule has 0 saturated heterocycles. The first-order valence-electron chi connectivity index (χ1n) is 13.9. The smallest absolute Gasteiger partial charge is 0.114 e. The topological polar surface area (TPSA) is 90.2 Å². The first-order chi connectivity index (χ1) is 16.5. The molecule has 3 aliphatic rings. The second-order valence-corrected chi connectivity index (χ2v) is 12.4. The Bertz CT molecular complexity index is 778. The standard InChI is InChI=1S/C30H50O5/c1-20(9-6-15-29(3,4)34)24-13-14-25-22(10-7-16-30(24,25)5)11-12-23-19-26(32)28(27(33)21(23)2)35-18-8-17-31/h11-12,20,24-28,31-34H,2,6-10,13-19H2,1,3-5H3/b22-11+,23-12-. The zero-order chi connectivity index (χ0) is 25.8. The Morgan fingerprint density at radius 2 is 1.94 bits per heavy atom. The van der Waals surface area contributed by atoms with Crippen molar-refractivity contribution in [2.75, 3.05) is 13.2 Å². The van der Waals surface area contributed by atoms with E-state index in [4.69, 9.17) is 9.84 Å². The average molecular weight is 491 g/mol. The molecule has 7 unspecified atom stereocenters. The van der Waals surface area contributed by atoms with E-state index in [1.165, 1.54) is 37.7 Å². The summed E-state index contributed by atoms with van der Waals surface area (Å²) in [5, 5.41) is 40.4. The van der Waals surface area contributed by atoms with E-state index in [2.05, 4.69) is 32.6 Å². The Balaban J connectivity index is 1.67. The van der Waals surface area contributed by atoms with E-state index < -0.39 is 23.9 Å². The van der Waals surface area contributed by atoms with E-state index >= 15 is 0 Å². The molecule has 3 fully saturated rings. The van der Waals surface area contributed by atoms with Gasteiger partial charge < -0.3 is 25.2 Å². The quantitative estimate of drug-likeness (QED) is 0.321. The van der Waals surface area contributed by atoms with Crippen molar-refractivity contribution in [1.29, 1.82) is 0 Å². The third kappa shape index (κ3) is 6.87. The third-order valence-electron chi connectivity index (χ3n) is 9.17. The molecule has 200 valence electrons. The summed E-state index contributed by atoms with van der Waals surface area (Å²) in [5.74, 6) is 1.98. The number of fused-ring (bicyclic) bond motifs is 1. The van der Waals surface area contributed by atoms with Crippen LogP contribution in [-0.4, -0.2) is 57.6 Å². The molecule has 5 heteroatoms. The number of allylic oxidation sites excluding steroid dienone is 3. The fraction of sp³-hybridized carbons (Fsp3) is 0.800. The molecule has 35 heavy (non-hydrogen) atoms. The lowest BCUT2D eigenvalue weighted by Crippen LogP contribution is -2.45. The van der Waals surface area contributed by atoms with Crippen molar-refractivity contribution in [2.45, 2.75) is 116 Å². The van der Waals surface area contributed by atoms with E-state index in [9.17, 15) is 15.3 Å². The molecule has 0 heterocycles. The summed E-state index contributed by atoms with van der Waals surface area (Å²) in [5.41, 5.74) is 2.79. The molecule has 5 nitrogen and oxygen atoms in total. The van der Waals surface area contributed by atoms with Crippen LogP contribution in [0, 0.1) is 23.2 Å². The maximum absolute atomic E-state index is 10.7. The summed E-state index contributed by atoms with van der Waals surface area (Å²) in [6.07, 6.45) is 12.1. The predicted molar refractivity (Wildman–Crippen MR) is 141 cm³/mol. The maximum atomic E-state index is 10.7. The van der Waals surface area contributed by atoms with Gasteiger partial charge in [-0.25, -0.2) is 0 Å². The van der Waals surface area contributed by atoms with Crippen molar-refractivity contribution < 1.29 is 25.2 Å². The molecule has 0 aromatic carbocycles. The van der Waals surface area contributed by atoms with Crippen molar-refractivity contribution in [3.8, 4) is 0 Å². The van der Waals surface area contributed by atoms with Gasteiger partial charge >= 0.3 is 0 Å². The highest BCUT2D eigenvalue weighted by molar-refractivity contribution is 5.40. The molecule has 0 amide bonds. The molecule has 0 aromatic heterocycles. The lowest BCUT2D eigenvalue weighted by Gasteiger charge is -2.44. The minimum Gasteiger partial charge on any atom is -0.396 e. The molecule has 0 aliphatic heterocycles. The lowest BCUT2D eigenvalue weighted by atomic mass is 9.60. The van der Waals surface area contributed by atoms with Crippen LogP contribution in [0.15, 0.2) is 35.5 Å². The first kappa shape index (κ1) is 28.6. The maximum Gasteiger partial charge on any atom is 0.114 e. The Kier molecular flexibility index (Phi) is 9.84. The van der Waals surface area contributed by atoms with E-state index in [0.717, 1.165) is 30.8 Å². The average Bonchev–Trinajstić information content (AvgIpc) is 3.14. The van der Waals surface area contributed by atoms with Crippen LogP contribution < -0.4 is 0 Å². The van der Waals surface area contributed by atoms with Gasteiger partial charge in [-0.2, -0.15) is 0 Å². The van der Waals surface area contributed by atoms with Crippen LogP contribution in [0.1, 0.15) is 91.9 Å². The summed E-state index contributed by atoms with van der Waals surface area (Å²) in [4.78, 5) is 0. The molecule has 3 saturated carbocycles. The van der Waals surface area contributed by atoms with E-state index in [-0.39, 0.29) is 6.61 Å². The summed E-state index contributed by atoms with van der Waals surface area (Å²) in [6, 6.07) is 0. The number of rotatable bonds is 10. The van der Waals surface area contributed by atoms with Gasteiger partial charge in [0.25, 0.3) is 0 Å². The van der Waals surface area contributed by atoms with Crippen molar-refractivity contribution >= 4 is 0 Å². The Labute approximate surface area is 213 Å². The summed E-state index contributed by atoms with van der Waals surface area (Å²) < 4.78 is 5.63. The van der Waals surface area contributed by atoms with E-state index in [1.807, 2.05) is 13.8 Å². The summed E-state index contributed by atoms with van der Waals surface area (Å²) in [6.45, 7) is 13.2. The van der Waals surface area contributed by atoms with Crippen LogP contribution in [-0.2, 0) is 4.74 Å². The molecular formula is C30H50O5. The Morgan fingerprint density at radius 1 is 1.20 bits per heavy atom. The summed E-state index contributed by atoms with van der Waals surface area (Å²) >= 11 is 0. The number of ether oxygens (including phenoxy) is 1. The molecule has 3 aliphatic carbocycles. The normalized spacial score (nSPS) is 37.1. The molecule has 0 bridgehead atoms. The second kappa shape index (κ2) is 12.0. The van der Waals surface area contributed by atoms with Crippen molar-refractivity contribution in [3.05, 3.63) is 35.5 Å². The fourth-order valence-electron chi connectivity index (χ4n) is 7.21. The predicted octanol–water partition coefficient (Wildman–Crippen LogP) is 5.08. The molecule has 7 atom stereocenters. The van der Waals surface area contributed by atoms with Crippen molar-refractivity contribution in [1.82, 2.24) is 0 Å². The van der Waals surface area contributed by atoms with Gasteiger partial charge in [0, 0.05) is 19.6 Å². The van der Waals surface area contributed by atoms with Gasteiger partial charge in [-0.05, 0) is 93.1 Å². The van der Waals surface area contributed by atoms with Crippen LogP contribution >= 0.6 is 0 Å². The number of aliphatic hydroxyl groups excluding tert-OH is 3. The van der Waals surface area contributed by atoms with Gasteiger partial charge in [0.2, 0.25) is 0 Å². The van der Waals surface area contributed by atoms with Gasteiger partial charge in [-0.3, -0.25) is 0 Å². The van der Waals surface area contributed by atoms with Crippen LogP contribution in [0.5, 0.6) is 0 Å². The van der Waals surface area contributed by atoms with Gasteiger partial charge in [0.05, 0.1) is 11.7 Å². The van der Waals surface area contributed by atoms with E-state index in [0.29, 0.717) is 42.3 Å². The molecule has 4 N–H and O–H groups in total. The highest BCUT2D eigenvalue weighted by Crippen LogP contribution is 2.60. The monoisotopic (exact) mass is 490 g/mol. The van der Waals surface area contributed by atoms with Gasteiger partial charge in [-0.15, -0.1) is 0 Å². The summed E-state index contributed by atoms with van der Waals surface area (Å²) in [7, 11) is 0. The molecule has 3 rings (SSSR count). The van der Waals surface area contributed by atoms with Crippen LogP contribution in [0.4, 0.5) is 0 Å². The number of hydrogen-bond donors (Lipinski definition) is 4. The number of hydrogen-bond acceptors (Lipinski definition) is 5. The molecule has 0 spiro atoms. The van der Waals surface area contributed by atoms with Crippen LogP contribution in [0.3, 0.4) is 0 Å². The lowest BCUT2D eigenvalue weighted by molar-refractivity contribution is -0.0968. The van der Waals surface area contributed by atoms with E-state index in [1.54, 1.807) is 0 Å². The second-order valence-electron chi connectivity index (χ2n) is 12.4.